The van der Waals surface area contributed by atoms with E-state index in [1.165, 1.54) is 70.5 Å². The Bertz CT molecular complexity index is 524. The van der Waals surface area contributed by atoms with E-state index >= 15 is 0 Å². The SMILES string of the molecule is COC(=O)C(C)(C)CCCCCC(C)CCCCCCCOCc1ccccc1. The van der Waals surface area contributed by atoms with Gasteiger partial charge in [-0.2, -0.15) is 0 Å². The number of benzene rings is 1. The lowest BCUT2D eigenvalue weighted by Crippen LogP contribution is -2.25. The monoisotopic (exact) mass is 404 g/mol. The third-order valence-electron chi connectivity index (χ3n) is 5.83. The molecule has 0 bridgehead atoms. The van der Waals surface area contributed by atoms with E-state index in [4.69, 9.17) is 9.47 Å². The van der Waals surface area contributed by atoms with Crippen LogP contribution in [0.2, 0.25) is 0 Å². The lowest BCUT2D eigenvalue weighted by atomic mass is 9.86. The Morgan fingerprint density at radius 2 is 1.48 bits per heavy atom. The highest BCUT2D eigenvalue weighted by atomic mass is 16.5. The number of carbonyl (C=O) groups is 1. The van der Waals surface area contributed by atoms with Crippen LogP contribution in [0.25, 0.3) is 0 Å². The molecule has 29 heavy (non-hydrogen) atoms. The Hall–Kier alpha value is -1.35. The first-order valence-electron chi connectivity index (χ1n) is 11.7. The molecule has 0 saturated heterocycles. The average Bonchev–Trinajstić information content (AvgIpc) is 2.72. The van der Waals surface area contributed by atoms with Gasteiger partial charge in [0, 0.05) is 6.61 Å². The molecule has 1 unspecified atom stereocenters. The maximum Gasteiger partial charge on any atom is 0.311 e. The van der Waals surface area contributed by atoms with Crippen LogP contribution >= 0.6 is 0 Å². The van der Waals surface area contributed by atoms with Gasteiger partial charge in [0.15, 0.2) is 0 Å². The van der Waals surface area contributed by atoms with E-state index in [1.54, 1.807) is 0 Å². The lowest BCUT2D eigenvalue weighted by Gasteiger charge is -2.21. The van der Waals surface area contributed by atoms with Gasteiger partial charge < -0.3 is 9.47 Å². The van der Waals surface area contributed by atoms with E-state index in [0.717, 1.165) is 32.0 Å². The van der Waals surface area contributed by atoms with Gasteiger partial charge in [-0.05, 0) is 38.2 Å². The van der Waals surface area contributed by atoms with Gasteiger partial charge in [0.2, 0.25) is 0 Å². The minimum absolute atomic E-state index is 0.0892. The fourth-order valence-corrected chi connectivity index (χ4v) is 3.75. The number of ether oxygens (including phenoxy) is 2. The van der Waals surface area contributed by atoms with Crippen LogP contribution in [0.5, 0.6) is 0 Å². The Balaban J connectivity index is 1.88. The van der Waals surface area contributed by atoms with Gasteiger partial charge in [-0.15, -0.1) is 0 Å². The molecule has 0 saturated carbocycles. The molecule has 1 aromatic rings. The van der Waals surface area contributed by atoms with Crippen molar-refractivity contribution in [2.45, 2.75) is 98.0 Å². The number of unbranched alkanes of at least 4 members (excludes halogenated alkanes) is 6. The summed E-state index contributed by atoms with van der Waals surface area (Å²) in [6.45, 7) is 7.96. The fraction of sp³-hybridized carbons (Fsp3) is 0.731. The van der Waals surface area contributed by atoms with Crippen molar-refractivity contribution in [3.05, 3.63) is 35.9 Å². The summed E-state index contributed by atoms with van der Waals surface area (Å²) in [5.74, 6) is 0.728. The molecular weight excluding hydrogens is 360 g/mol. The molecule has 0 amide bonds. The maximum atomic E-state index is 11.7. The van der Waals surface area contributed by atoms with Crippen molar-refractivity contribution < 1.29 is 14.3 Å². The van der Waals surface area contributed by atoms with E-state index in [9.17, 15) is 4.79 Å². The molecule has 3 nitrogen and oxygen atoms in total. The molecule has 1 rings (SSSR count). The molecule has 0 spiro atoms. The molecule has 0 aromatic heterocycles. The van der Waals surface area contributed by atoms with E-state index in [1.807, 2.05) is 19.9 Å². The second kappa shape index (κ2) is 15.5. The van der Waals surface area contributed by atoms with Gasteiger partial charge in [0.05, 0.1) is 19.1 Å². The molecule has 0 aliphatic carbocycles. The van der Waals surface area contributed by atoms with Gasteiger partial charge in [-0.3, -0.25) is 4.79 Å². The summed E-state index contributed by atoms with van der Waals surface area (Å²) >= 11 is 0. The summed E-state index contributed by atoms with van der Waals surface area (Å²) in [5, 5.41) is 0. The predicted octanol–water partition coefficient (Wildman–Crippen LogP) is 7.33. The van der Waals surface area contributed by atoms with Crippen molar-refractivity contribution in [3.8, 4) is 0 Å². The van der Waals surface area contributed by atoms with Crippen molar-refractivity contribution >= 4 is 5.97 Å². The molecule has 1 atom stereocenters. The number of carbonyl (C=O) groups excluding carboxylic acids is 1. The van der Waals surface area contributed by atoms with Gasteiger partial charge in [0.25, 0.3) is 0 Å². The van der Waals surface area contributed by atoms with Gasteiger partial charge in [-0.25, -0.2) is 0 Å². The summed E-state index contributed by atoms with van der Waals surface area (Å²) < 4.78 is 10.6. The summed E-state index contributed by atoms with van der Waals surface area (Å²) in [6.07, 6.45) is 13.6. The first-order chi connectivity index (χ1) is 14.0. The van der Waals surface area contributed by atoms with Crippen LogP contribution in [0.3, 0.4) is 0 Å². The Morgan fingerprint density at radius 1 is 0.897 bits per heavy atom. The highest BCUT2D eigenvalue weighted by molar-refractivity contribution is 5.75. The molecule has 0 radical (unpaired) electrons. The molecule has 0 aliphatic rings. The highest BCUT2D eigenvalue weighted by Gasteiger charge is 2.27. The zero-order valence-electron chi connectivity index (χ0n) is 19.4. The topological polar surface area (TPSA) is 35.5 Å². The van der Waals surface area contributed by atoms with Crippen molar-refractivity contribution in [3.63, 3.8) is 0 Å². The first-order valence-corrected chi connectivity index (χ1v) is 11.7. The molecule has 166 valence electrons. The molecular formula is C26H44O3. The van der Waals surface area contributed by atoms with Gasteiger partial charge in [0.1, 0.15) is 0 Å². The molecule has 3 heteroatoms. The fourth-order valence-electron chi connectivity index (χ4n) is 3.75. The average molecular weight is 405 g/mol. The maximum absolute atomic E-state index is 11.7. The van der Waals surface area contributed by atoms with Crippen LogP contribution in [-0.2, 0) is 20.9 Å². The Morgan fingerprint density at radius 3 is 2.14 bits per heavy atom. The highest BCUT2D eigenvalue weighted by Crippen LogP contribution is 2.26. The zero-order valence-corrected chi connectivity index (χ0v) is 19.4. The third-order valence-corrected chi connectivity index (χ3v) is 5.83. The standard InChI is InChI=1S/C26H44O3/c1-23(17-11-9-14-20-26(2,3)25(27)28-4)16-10-6-5-7-15-21-29-22-24-18-12-8-13-19-24/h8,12-13,18-19,23H,5-7,9-11,14-17,20-22H2,1-4H3. The lowest BCUT2D eigenvalue weighted by molar-refractivity contribution is -0.151. The second-order valence-electron chi connectivity index (χ2n) is 9.17. The Labute approximate surface area is 179 Å². The molecule has 0 aliphatic heterocycles. The summed E-state index contributed by atoms with van der Waals surface area (Å²) in [5.41, 5.74) is 0.918. The predicted molar refractivity (Wildman–Crippen MR) is 122 cm³/mol. The molecule has 0 N–H and O–H groups in total. The van der Waals surface area contributed by atoms with Crippen LogP contribution < -0.4 is 0 Å². The quantitative estimate of drug-likeness (QED) is 0.201. The number of esters is 1. The van der Waals surface area contributed by atoms with E-state index < -0.39 is 0 Å². The minimum Gasteiger partial charge on any atom is -0.469 e. The van der Waals surface area contributed by atoms with Crippen LogP contribution in [0.15, 0.2) is 30.3 Å². The Kier molecular flexibility index (Phi) is 13.7. The van der Waals surface area contributed by atoms with E-state index in [-0.39, 0.29) is 11.4 Å². The van der Waals surface area contributed by atoms with E-state index in [2.05, 4.69) is 31.2 Å². The van der Waals surface area contributed by atoms with Gasteiger partial charge >= 0.3 is 5.97 Å². The summed E-state index contributed by atoms with van der Waals surface area (Å²) in [6, 6.07) is 10.4. The van der Waals surface area contributed by atoms with Gasteiger partial charge in [-0.1, -0.05) is 95.0 Å². The number of hydrogen-bond acceptors (Lipinski definition) is 3. The van der Waals surface area contributed by atoms with Crippen LogP contribution in [0.1, 0.15) is 97.0 Å². The largest absolute Gasteiger partial charge is 0.469 e. The van der Waals surface area contributed by atoms with Crippen LogP contribution in [0.4, 0.5) is 0 Å². The number of methoxy groups -OCH3 is 1. The first kappa shape index (κ1) is 25.7. The van der Waals surface area contributed by atoms with Crippen molar-refractivity contribution in [1.29, 1.82) is 0 Å². The summed E-state index contributed by atoms with van der Waals surface area (Å²) in [7, 11) is 1.48. The molecule has 1 aromatic carbocycles. The molecule has 0 fully saturated rings. The summed E-state index contributed by atoms with van der Waals surface area (Å²) in [4.78, 5) is 11.7. The normalized spacial score (nSPS) is 12.7. The second-order valence-corrected chi connectivity index (χ2v) is 9.17. The number of rotatable bonds is 17. The smallest absolute Gasteiger partial charge is 0.311 e. The van der Waals surface area contributed by atoms with Crippen molar-refractivity contribution in [2.75, 3.05) is 13.7 Å². The number of hydrogen-bond donors (Lipinski definition) is 0. The van der Waals surface area contributed by atoms with Crippen LogP contribution in [-0.4, -0.2) is 19.7 Å². The van der Waals surface area contributed by atoms with Crippen molar-refractivity contribution in [1.82, 2.24) is 0 Å². The third kappa shape index (κ3) is 12.7. The zero-order chi connectivity index (χ0) is 21.4. The van der Waals surface area contributed by atoms with E-state index in [0.29, 0.717) is 0 Å². The van der Waals surface area contributed by atoms with Crippen molar-refractivity contribution in [2.24, 2.45) is 11.3 Å². The minimum atomic E-state index is -0.340. The van der Waals surface area contributed by atoms with Crippen LogP contribution in [0, 0.1) is 11.3 Å². The molecule has 0 heterocycles.